The molecule has 102 valence electrons. The summed E-state index contributed by atoms with van der Waals surface area (Å²) >= 11 is 0. The molecule has 0 aromatic heterocycles. The molecule has 21 heavy (non-hydrogen) atoms. The van der Waals surface area contributed by atoms with Gasteiger partial charge < -0.3 is 0 Å². The minimum atomic E-state index is -0.144. The number of para-hydroxylation sites is 1. The van der Waals surface area contributed by atoms with E-state index in [-0.39, 0.29) is 6.10 Å². The number of hydrazone groups is 1. The van der Waals surface area contributed by atoms with Gasteiger partial charge in [0, 0.05) is 0 Å². The third-order valence-electron chi connectivity index (χ3n) is 3.60. The molecule has 1 unspecified atom stereocenters. The number of anilines is 1. The van der Waals surface area contributed by atoms with Gasteiger partial charge in [0.1, 0.15) is 6.10 Å². The summed E-state index contributed by atoms with van der Waals surface area (Å²) in [4.78, 5) is 5.89. The zero-order valence-corrected chi connectivity index (χ0v) is 11.4. The largest absolute Gasteiger partial charge is 0.238 e. The topological polar surface area (TPSA) is 24.8 Å². The molecular weight excluding hydrogens is 260 g/mol. The normalized spacial score (nSPS) is 17.5. The van der Waals surface area contributed by atoms with Crippen molar-refractivity contribution in [3.05, 3.63) is 78.4 Å². The highest BCUT2D eigenvalue weighted by Crippen LogP contribution is 2.28. The summed E-state index contributed by atoms with van der Waals surface area (Å²) in [7, 11) is 0. The average molecular weight is 274 g/mol. The maximum Gasteiger partial charge on any atom is 0.150 e. The molecule has 0 saturated heterocycles. The van der Waals surface area contributed by atoms with Crippen LogP contribution >= 0.6 is 0 Å². The van der Waals surface area contributed by atoms with Crippen molar-refractivity contribution < 1.29 is 4.84 Å². The van der Waals surface area contributed by atoms with Crippen molar-refractivity contribution in [3.63, 3.8) is 0 Å². The van der Waals surface area contributed by atoms with Crippen molar-refractivity contribution in [3.8, 4) is 0 Å². The highest BCUT2D eigenvalue weighted by atomic mass is 16.7. The second-order valence-electron chi connectivity index (χ2n) is 5.01. The summed E-state index contributed by atoms with van der Waals surface area (Å²) in [6, 6.07) is 24.5. The maximum absolute atomic E-state index is 5.89. The predicted octanol–water partition coefficient (Wildman–Crippen LogP) is 4.32. The van der Waals surface area contributed by atoms with E-state index in [2.05, 4.69) is 35.4 Å². The lowest BCUT2D eigenvalue weighted by Gasteiger charge is -2.16. The van der Waals surface area contributed by atoms with E-state index in [4.69, 9.17) is 4.84 Å². The number of rotatable bonds is 2. The first-order chi connectivity index (χ1) is 10.4. The van der Waals surface area contributed by atoms with Crippen LogP contribution in [0.3, 0.4) is 0 Å². The third-order valence-corrected chi connectivity index (χ3v) is 3.60. The van der Waals surface area contributed by atoms with Crippen LogP contribution in [0.1, 0.15) is 11.7 Å². The molecule has 3 nitrogen and oxygen atoms in total. The molecule has 0 fully saturated rings. The molecule has 3 heteroatoms. The van der Waals surface area contributed by atoms with Gasteiger partial charge in [-0.1, -0.05) is 54.6 Å². The number of fused-ring (bicyclic) bond motifs is 1. The Bertz CT molecular complexity index is 798. The fourth-order valence-electron chi connectivity index (χ4n) is 2.50. The molecule has 1 aliphatic heterocycles. The van der Waals surface area contributed by atoms with Crippen LogP contribution in [-0.2, 0) is 4.84 Å². The van der Waals surface area contributed by atoms with Gasteiger partial charge in [-0.2, -0.15) is 5.10 Å². The van der Waals surface area contributed by atoms with E-state index in [0.717, 1.165) is 11.3 Å². The number of nitrogens with zero attached hydrogens (tertiary/aromatic N) is 2. The standard InChI is InChI=1S/C18H14N2O/c1-2-8-17(9-3-1)20-19-13-18(21-20)16-11-10-14-6-4-5-7-15(14)12-16/h1-13,18H. The van der Waals surface area contributed by atoms with E-state index in [1.54, 1.807) is 5.17 Å². The molecule has 1 aliphatic rings. The van der Waals surface area contributed by atoms with Crippen molar-refractivity contribution in [1.82, 2.24) is 0 Å². The Labute approximate surface area is 123 Å². The highest BCUT2D eigenvalue weighted by molar-refractivity contribution is 5.84. The van der Waals surface area contributed by atoms with Crippen LogP contribution < -0.4 is 5.17 Å². The molecule has 4 rings (SSSR count). The Balaban J connectivity index is 1.61. The van der Waals surface area contributed by atoms with Crippen LogP contribution in [0.5, 0.6) is 0 Å². The van der Waals surface area contributed by atoms with Crippen molar-refractivity contribution in [2.45, 2.75) is 6.10 Å². The highest BCUT2D eigenvalue weighted by Gasteiger charge is 2.21. The minimum absolute atomic E-state index is 0.144. The van der Waals surface area contributed by atoms with Crippen LogP contribution in [0.15, 0.2) is 77.9 Å². The van der Waals surface area contributed by atoms with Crippen molar-refractivity contribution in [2.75, 3.05) is 5.17 Å². The van der Waals surface area contributed by atoms with Gasteiger partial charge >= 0.3 is 0 Å². The summed E-state index contributed by atoms with van der Waals surface area (Å²) in [5.74, 6) is 0. The minimum Gasteiger partial charge on any atom is -0.238 e. The second-order valence-corrected chi connectivity index (χ2v) is 5.01. The molecule has 3 aromatic carbocycles. The molecule has 1 atom stereocenters. The van der Waals surface area contributed by atoms with Crippen molar-refractivity contribution >= 4 is 22.7 Å². The van der Waals surface area contributed by atoms with Crippen LogP contribution in [-0.4, -0.2) is 6.21 Å². The Morgan fingerprint density at radius 2 is 1.57 bits per heavy atom. The number of benzene rings is 3. The summed E-state index contributed by atoms with van der Waals surface area (Å²) in [6.07, 6.45) is 1.69. The lowest BCUT2D eigenvalue weighted by atomic mass is 10.0. The van der Waals surface area contributed by atoms with E-state index in [9.17, 15) is 0 Å². The van der Waals surface area contributed by atoms with Crippen molar-refractivity contribution in [1.29, 1.82) is 0 Å². The lowest BCUT2D eigenvalue weighted by molar-refractivity contribution is 0.0986. The fourth-order valence-corrected chi connectivity index (χ4v) is 2.50. The van der Waals surface area contributed by atoms with Gasteiger partial charge in [0.05, 0.1) is 11.9 Å². The van der Waals surface area contributed by atoms with Crippen LogP contribution in [0.2, 0.25) is 0 Å². The average Bonchev–Trinajstić information content (AvgIpc) is 3.05. The van der Waals surface area contributed by atoms with Gasteiger partial charge in [-0.25, -0.2) is 4.84 Å². The predicted molar refractivity (Wildman–Crippen MR) is 85.2 cm³/mol. The smallest absolute Gasteiger partial charge is 0.150 e. The van der Waals surface area contributed by atoms with E-state index in [1.165, 1.54) is 10.8 Å². The SMILES string of the molecule is C1=NN(c2ccccc2)OC1c1ccc2ccccc2c1. The van der Waals surface area contributed by atoms with Gasteiger partial charge in [0.15, 0.2) is 0 Å². The summed E-state index contributed by atoms with van der Waals surface area (Å²) in [5, 5.41) is 8.34. The molecule has 0 spiro atoms. The van der Waals surface area contributed by atoms with Crippen LogP contribution in [0.4, 0.5) is 5.69 Å². The van der Waals surface area contributed by atoms with E-state index >= 15 is 0 Å². The third kappa shape index (κ3) is 2.28. The molecule has 0 amide bonds. The molecule has 0 radical (unpaired) electrons. The van der Waals surface area contributed by atoms with E-state index in [1.807, 2.05) is 48.7 Å². The molecule has 3 aromatic rings. The van der Waals surface area contributed by atoms with Gasteiger partial charge in [0.2, 0.25) is 0 Å². The van der Waals surface area contributed by atoms with E-state index < -0.39 is 0 Å². The van der Waals surface area contributed by atoms with Crippen molar-refractivity contribution in [2.24, 2.45) is 5.10 Å². The monoisotopic (exact) mass is 274 g/mol. The molecule has 0 N–H and O–H groups in total. The van der Waals surface area contributed by atoms with Crippen LogP contribution in [0, 0.1) is 0 Å². The first-order valence-corrected chi connectivity index (χ1v) is 6.95. The zero-order chi connectivity index (χ0) is 14.1. The summed E-state index contributed by atoms with van der Waals surface area (Å²) < 4.78 is 0. The second kappa shape index (κ2) is 5.04. The molecule has 0 aliphatic carbocycles. The Kier molecular flexibility index (Phi) is 2.91. The fraction of sp³-hybridized carbons (Fsp3) is 0.0556. The van der Waals surface area contributed by atoms with E-state index in [0.29, 0.717) is 0 Å². The number of hydrogen-bond donors (Lipinski definition) is 0. The molecule has 0 saturated carbocycles. The lowest BCUT2D eigenvalue weighted by Crippen LogP contribution is -2.13. The first kappa shape index (κ1) is 12.1. The summed E-state index contributed by atoms with van der Waals surface area (Å²) in [5.41, 5.74) is 2.04. The van der Waals surface area contributed by atoms with Gasteiger partial charge in [0.25, 0.3) is 0 Å². The molecule has 1 heterocycles. The Morgan fingerprint density at radius 3 is 2.43 bits per heavy atom. The van der Waals surface area contributed by atoms with Gasteiger partial charge in [-0.05, 0) is 34.5 Å². The molecular formula is C18H14N2O. The summed E-state index contributed by atoms with van der Waals surface area (Å²) in [6.45, 7) is 0. The Morgan fingerprint density at radius 1 is 0.810 bits per heavy atom. The first-order valence-electron chi connectivity index (χ1n) is 6.95. The Hall–Kier alpha value is -2.65. The quantitative estimate of drug-likeness (QED) is 0.695. The van der Waals surface area contributed by atoms with Gasteiger partial charge in [-0.3, -0.25) is 0 Å². The zero-order valence-electron chi connectivity index (χ0n) is 11.4. The van der Waals surface area contributed by atoms with Crippen LogP contribution in [0.25, 0.3) is 10.8 Å². The van der Waals surface area contributed by atoms with Gasteiger partial charge in [-0.15, -0.1) is 5.17 Å². The maximum atomic E-state index is 5.89. The number of hydrogen-bond acceptors (Lipinski definition) is 3. The molecule has 0 bridgehead atoms.